The quantitative estimate of drug-likeness (QED) is 0.802. The van der Waals surface area contributed by atoms with Gasteiger partial charge in [0.25, 0.3) is 11.8 Å². The van der Waals surface area contributed by atoms with Gasteiger partial charge in [-0.2, -0.15) is 5.10 Å². The van der Waals surface area contributed by atoms with Gasteiger partial charge in [-0.15, -0.1) is 23.5 Å². The molecule has 1 aromatic carbocycles. The highest BCUT2D eigenvalue weighted by atomic mass is 32.2. The van der Waals surface area contributed by atoms with Gasteiger partial charge in [-0.05, 0) is 37.6 Å². The molecule has 2 aromatic rings. The predicted molar refractivity (Wildman–Crippen MR) is 101 cm³/mol. The topological polar surface area (TPSA) is 76.0 Å². The molecule has 2 heterocycles. The van der Waals surface area contributed by atoms with E-state index in [1.165, 1.54) is 17.1 Å². The number of carbonyl (C=O) groups is 2. The summed E-state index contributed by atoms with van der Waals surface area (Å²) in [6.45, 7) is 3.82. The summed E-state index contributed by atoms with van der Waals surface area (Å²) >= 11 is 3.85. The van der Waals surface area contributed by atoms with Crippen LogP contribution < -0.4 is 10.9 Å². The second-order valence-corrected chi connectivity index (χ2v) is 8.51. The molecule has 1 fully saturated rings. The average molecular weight is 377 g/mol. The monoisotopic (exact) mass is 376 g/mol. The fraction of sp³-hybridized carbons (Fsp3) is 0.353. The number of benzene rings is 1. The minimum Gasteiger partial charge on any atom is -0.271 e. The second-order valence-electron chi connectivity index (χ2n) is 5.78. The number of nitrogens with one attached hydrogen (secondary N) is 2. The maximum Gasteiger partial charge on any atom is 0.269 e. The molecule has 0 saturated carbocycles. The number of hydrogen-bond donors (Lipinski definition) is 2. The predicted octanol–water partition coefficient (Wildman–Crippen LogP) is 2.44. The Morgan fingerprint density at radius 2 is 1.84 bits per heavy atom. The van der Waals surface area contributed by atoms with E-state index in [1.54, 1.807) is 16.8 Å². The van der Waals surface area contributed by atoms with E-state index < -0.39 is 0 Å². The standard InChI is InChI=1S/C17H20N4O2S2/c1-11-9-12(2)21(20-11)10-15(22)18-19-16(23)13-3-5-14(6-4-13)17-24-7-8-25-17/h3-6,9,17H,7-8,10H2,1-2H3,(H,18,22)(H,19,23). The summed E-state index contributed by atoms with van der Waals surface area (Å²) < 4.78 is 2.06. The van der Waals surface area contributed by atoms with Crippen LogP contribution in [0.25, 0.3) is 0 Å². The van der Waals surface area contributed by atoms with E-state index in [2.05, 4.69) is 16.0 Å². The Bertz CT molecular complexity index is 767. The van der Waals surface area contributed by atoms with Gasteiger partial charge >= 0.3 is 0 Å². The van der Waals surface area contributed by atoms with Gasteiger partial charge in [-0.3, -0.25) is 25.1 Å². The zero-order valence-electron chi connectivity index (χ0n) is 14.1. The van der Waals surface area contributed by atoms with Gasteiger partial charge in [0, 0.05) is 22.8 Å². The van der Waals surface area contributed by atoms with Crippen molar-refractivity contribution in [2.45, 2.75) is 25.0 Å². The molecule has 1 aromatic heterocycles. The van der Waals surface area contributed by atoms with Gasteiger partial charge in [0.1, 0.15) is 6.54 Å². The number of aryl methyl sites for hydroxylation is 2. The lowest BCUT2D eigenvalue weighted by molar-refractivity contribution is -0.122. The molecule has 1 aliphatic rings. The number of nitrogens with zero attached hydrogens (tertiary/aromatic N) is 2. The molecular weight excluding hydrogens is 356 g/mol. The van der Waals surface area contributed by atoms with Crippen molar-refractivity contribution >= 4 is 35.3 Å². The van der Waals surface area contributed by atoms with Crippen molar-refractivity contribution in [3.8, 4) is 0 Å². The van der Waals surface area contributed by atoms with E-state index in [0.29, 0.717) is 10.1 Å². The first-order chi connectivity index (χ1) is 12.0. The second kappa shape index (κ2) is 7.97. The minimum absolute atomic E-state index is 0.0645. The molecule has 0 atom stereocenters. The van der Waals surface area contributed by atoms with Gasteiger partial charge in [0.15, 0.2) is 0 Å². The summed E-state index contributed by atoms with van der Waals surface area (Å²) in [6.07, 6.45) is 0. The summed E-state index contributed by atoms with van der Waals surface area (Å²) in [5, 5.41) is 4.22. The fourth-order valence-electron chi connectivity index (χ4n) is 2.55. The van der Waals surface area contributed by atoms with E-state index in [4.69, 9.17) is 0 Å². The first kappa shape index (κ1) is 17.9. The molecule has 132 valence electrons. The van der Waals surface area contributed by atoms with E-state index in [1.807, 2.05) is 55.6 Å². The van der Waals surface area contributed by atoms with E-state index in [0.717, 1.165) is 11.4 Å². The van der Waals surface area contributed by atoms with Crippen LogP contribution in [0.3, 0.4) is 0 Å². The summed E-state index contributed by atoms with van der Waals surface area (Å²) in [5.74, 6) is 1.67. The Balaban J connectivity index is 1.51. The molecule has 1 saturated heterocycles. The van der Waals surface area contributed by atoms with Crippen LogP contribution in [0.1, 0.15) is 31.9 Å². The van der Waals surface area contributed by atoms with Crippen LogP contribution in [0.4, 0.5) is 0 Å². The molecule has 1 aliphatic heterocycles. The van der Waals surface area contributed by atoms with E-state index in [9.17, 15) is 9.59 Å². The Hall–Kier alpha value is -1.93. The lowest BCUT2D eigenvalue weighted by atomic mass is 10.1. The first-order valence-corrected chi connectivity index (χ1v) is 10.1. The third kappa shape index (κ3) is 4.58. The van der Waals surface area contributed by atoms with Crippen LogP contribution >= 0.6 is 23.5 Å². The maximum absolute atomic E-state index is 12.1. The minimum atomic E-state index is -0.333. The van der Waals surface area contributed by atoms with E-state index >= 15 is 0 Å². The average Bonchev–Trinajstić information content (AvgIpc) is 3.23. The van der Waals surface area contributed by atoms with Crippen LogP contribution in [0, 0.1) is 13.8 Å². The molecule has 0 spiro atoms. The molecule has 2 N–H and O–H groups in total. The number of amides is 2. The van der Waals surface area contributed by atoms with Gasteiger partial charge in [0.05, 0.1) is 10.3 Å². The highest BCUT2D eigenvalue weighted by Crippen LogP contribution is 2.45. The lowest BCUT2D eigenvalue weighted by Crippen LogP contribution is -2.43. The van der Waals surface area contributed by atoms with Crippen molar-refractivity contribution in [1.82, 2.24) is 20.6 Å². The Labute approximate surface area is 155 Å². The van der Waals surface area contributed by atoms with Crippen molar-refractivity contribution in [3.63, 3.8) is 0 Å². The largest absolute Gasteiger partial charge is 0.271 e. The van der Waals surface area contributed by atoms with Crippen LogP contribution in [0.15, 0.2) is 30.3 Å². The summed E-state index contributed by atoms with van der Waals surface area (Å²) in [7, 11) is 0. The van der Waals surface area contributed by atoms with Crippen LogP contribution in [0.2, 0.25) is 0 Å². The van der Waals surface area contributed by atoms with Crippen molar-refractivity contribution in [2.75, 3.05) is 11.5 Å². The molecule has 6 nitrogen and oxygen atoms in total. The number of thioether (sulfide) groups is 2. The number of carbonyl (C=O) groups excluding carboxylic acids is 2. The molecule has 0 radical (unpaired) electrons. The Morgan fingerprint density at radius 3 is 2.44 bits per heavy atom. The Kier molecular flexibility index (Phi) is 5.70. The molecule has 8 heteroatoms. The highest BCUT2D eigenvalue weighted by molar-refractivity contribution is 8.19. The summed E-state index contributed by atoms with van der Waals surface area (Å²) in [6, 6.07) is 9.42. The third-order valence-corrected chi connectivity index (χ3v) is 6.88. The highest BCUT2D eigenvalue weighted by Gasteiger charge is 2.18. The van der Waals surface area contributed by atoms with Crippen LogP contribution in [0.5, 0.6) is 0 Å². The molecule has 0 bridgehead atoms. The van der Waals surface area contributed by atoms with Crippen molar-refractivity contribution in [1.29, 1.82) is 0 Å². The van der Waals surface area contributed by atoms with Crippen LogP contribution in [-0.4, -0.2) is 33.1 Å². The number of rotatable bonds is 4. The van der Waals surface area contributed by atoms with Crippen molar-refractivity contribution in [3.05, 3.63) is 52.8 Å². The molecule has 0 aliphatic carbocycles. The molecule has 0 unspecified atom stereocenters. The van der Waals surface area contributed by atoms with Gasteiger partial charge in [-0.25, -0.2) is 0 Å². The summed E-state index contributed by atoms with van der Waals surface area (Å²) in [4.78, 5) is 24.1. The van der Waals surface area contributed by atoms with E-state index in [-0.39, 0.29) is 18.4 Å². The summed E-state index contributed by atoms with van der Waals surface area (Å²) in [5.41, 5.74) is 8.36. The SMILES string of the molecule is Cc1cc(C)n(CC(=O)NNC(=O)c2ccc(C3SCCS3)cc2)n1. The van der Waals surface area contributed by atoms with Gasteiger partial charge in [0.2, 0.25) is 0 Å². The zero-order chi connectivity index (χ0) is 17.8. The third-order valence-electron chi connectivity index (χ3n) is 3.78. The normalized spacial score (nSPS) is 14.5. The Morgan fingerprint density at radius 1 is 1.16 bits per heavy atom. The zero-order valence-corrected chi connectivity index (χ0v) is 15.7. The van der Waals surface area contributed by atoms with Crippen LogP contribution in [-0.2, 0) is 11.3 Å². The number of hydrogen-bond acceptors (Lipinski definition) is 5. The number of aromatic nitrogens is 2. The van der Waals surface area contributed by atoms with Gasteiger partial charge in [-0.1, -0.05) is 12.1 Å². The smallest absolute Gasteiger partial charge is 0.269 e. The molecule has 25 heavy (non-hydrogen) atoms. The molecular formula is C17H20N4O2S2. The first-order valence-electron chi connectivity index (χ1n) is 7.96. The lowest BCUT2D eigenvalue weighted by Gasteiger charge is -2.10. The fourth-order valence-corrected chi connectivity index (χ4v) is 5.41. The number of hydrazine groups is 1. The molecule has 2 amide bonds. The maximum atomic E-state index is 12.1. The van der Waals surface area contributed by atoms with Crippen molar-refractivity contribution in [2.24, 2.45) is 0 Å². The van der Waals surface area contributed by atoms with Gasteiger partial charge < -0.3 is 0 Å². The van der Waals surface area contributed by atoms with Crippen molar-refractivity contribution < 1.29 is 9.59 Å². The molecule has 3 rings (SSSR count).